The molecule has 0 bridgehead atoms. The molecule has 0 amide bonds. The zero-order valence-electron chi connectivity index (χ0n) is 12.4. The minimum absolute atomic E-state index is 0.133. The molecule has 0 aliphatic rings. The highest BCUT2D eigenvalue weighted by Gasteiger charge is 2.15. The van der Waals surface area contributed by atoms with Crippen LogP contribution in [0.2, 0.25) is 5.02 Å². The third-order valence-corrected chi connectivity index (χ3v) is 4.65. The number of halogens is 2. The summed E-state index contributed by atoms with van der Waals surface area (Å²) in [6.45, 7) is 5.05. The molecule has 0 aliphatic carbocycles. The minimum atomic E-state index is 0.133. The van der Waals surface area contributed by atoms with Gasteiger partial charge in [-0.2, -0.15) is 0 Å². The van der Waals surface area contributed by atoms with Gasteiger partial charge in [-0.25, -0.2) is 0 Å². The van der Waals surface area contributed by atoms with Crippen molar-refractivity contribution in [3.8, 4) is 5.75 Å². The molecule has 0 saturated heterocycles. The van der Waals surface area contributed by atoms with Gasteiger partial charge in [-0.05, 0) is 64.3 Å². The third-order valence-electron chi connectivity index (χ3n) is 3.44. The molecule has 0 aromatic heterocycles. The number of hydrogen-bond acceptors (Lipinski definition) is 2. The maximum Gasteiger partial charge on any atom is 0.121 e. The van der Waals surface area contributed by atoms with Crippen LogP contribution in [-0.2, 0) is 0 Å². The van der Waals surface area contributed by atoms with Gasteiger partial charge >= 0.3 is 0 Å². The first-order valence-corrected chi connectivity index (χ1v) is 8.06. The van der Waals surface area contributed by atoms with Gasteiger partial charge in [0.1, 0.15) is 5.75 Å². The Bertz CT molecular complexity index is 630. The molecule has 2 nitrogen and oxygen atoms in total. The summed E-state index contributed by atoms with van der Waals surface area (Å²) in [6, 6.07) is 12.4. The van der Waals surface area contributed by atoms with Crippen molar-refractivity contribution in [2.24, 2.45) is 0 Å². The summed E-state index contributed by atoms with van der Waals surface area (Å²) >= 11 is 9.58. The normalized spacial score (nSPS) is 12.2. The average molecular weight is 369 g/mol. The van der Waals surface area contributed by atoms with Crippen LogP contribution in [-0.4, -0.2) is 13.7 Å². The fourth-order valence-corrected chi connectivity index (χ4v) is 2.92. The van der Waals surface area contributed by atoms with Crippen LogP contribution in [0.4, 0.5) is 0 Å². The summed E-state index contributed by atoms with van der Waals surface area (Å²) < 4.78 is 6.25. The zero-order chi connectivity index (χ0) is 15.4. The van der Waals surface area contributed by atoms with Gasteiger partial charge in [-0.1, -0.05) is 36.7 Å². The minimum Gasteiger partial charge on any atom is -0.496 e. The fourth-order valence-electron chi connectivity index (χ4n) is 2.41. The molecule has 2 aromatic rings. The standard InChI is InChI=1S/C17H19BrClNO/c1-4-20-17(13-5-7-15(19)14(18)10-13)12-6-8-16(21-3)11(2)9-12/h5-10,17,20H,4H2,1-3H3. The Balaban J connectivity index is 2.42. The summed E-state index contributed by atoms with van der Waals surface area (Å²) in [5.41, 5.74) is 3.52. The Morgan fingerprint density at radius 3 is 2.43 bits per heavy atom. The van der Waals surface area contributed by atoms with Gasteiger partial charge in [0, 0.05) is 4.47 Å². The van der Waals surface area contributed by atoms with Crippen LogP contribution < -0.4 is 10.1 Å². The van der Waals surface area contributed by atoms with Crippen molar-refractivity contribution >= 4 is 27.5 Å². The topological polar surface area (TPSA) is 21.3 Å². The van der Waals surface area contributed by atoms with Crippen LogP contribution in [0.25, 0.3) is 0 Å². The highest BCUT2D eigenvalue weighted by molar-refractivity contribution is 9.10. The Hall–Kier alpha value is -1.03. The number of aryl methyl sites for hydroxylation is 1. The predicted molar refractivity (Wildman–Crippen MR) is 92.4 cm³/mol. The van der Waals surface area contributed by atoms with Crippen molar-refractivity contribution in [3.63, 3.8) is 0 Å². The first kappa shape index (κ1) is 16.3. The van der Waals surface area contributed by atoms with Gasteiger partial charge in [-0.3, -0.25) is 0 Å². The van der Waals surface area contributed by atoms with E-state index in [0.29, 0.717) is 0 Å². The van der Waals surface area contributed by atoms with Crippen LogP contribution in [0.15, 0.2) is 40.9 Å². The number of nitrogens with one attached hydrogen (secondary N) is 1. The molecule has 0 saturated carbocycles. The summed E-state index contributed by atoms with van der Waals surface area (Å²) in [5.74, 6) is 0.909. The Kier molecular flexibility index (Phi) is 5.68. The molecule has 2 rings (SSSR count). The van der Waals surface area contributed by atoms with E-state index in [-0.39, 0.29) is 6.04 Å². The Labute approximate surface area is 139 Å². The average Bonchev–Trinajstić information content (AvgIpc) is 2.48. The van der Waals surface area contributed by atoms with E-state index in [1.165, 1.54) is 11.1 Å². The maximum absolute atomic E-state index is 6.09. The molecule has 0 heterocycles. The van der Waals surface area contributed by atoms with Crippen molar-refractivity contribution in [2.45, 2.75) is 19.9 Å². The maximum atomic E-state index is 6.09. The van der Waals surface area contributed by atoms with E-state index < -0.39 is 0 Å². The second kappa shape index (κ2) is 7.30. The number of hydrogen-bond donors (Lipinski definition) is 1. The largest absolute Gasteiger partial charge is 0.496 e. The van der Waals surface area contributed by atoms with E-state index >= 15 is 0 Å². The molecule has 1 atom stereocenters. The van der Waals surface area contributed by atoms with Crippen LogP contribution >= 0.6 is 27.5 Å². The second-order valence-electron chi connectivity index (χ2n) is 4.89. The van der Waals surface area contributed by atoms with Crippen LogP contribution in [0.5, 0.6) is 5.75 Å². The second-order valence-corrected chi connectivity index (χ2v) is 6.15. The van der Waals surface area contributed by atoms with E-state index in [1.54, 1.807) is 7.11 Å². The summed E-state index contributed by atoms with van der Waals surface area (Å²) in [4.78, 5) is 0. The number of methoxy groups -OCH3 is 1. The van der Waals surface area contributed by atoms with Crippen LogP contribution in [0.1, 0.15) is 29.7 Å². The highest BCUT2D eigenvalue weighted by atomic mass is 79.9. The van der Waals surface area contributed by atoms with E-state index in [4.69, 9.17) is 16.3 Å². The summed E-state index contributed by atoms with van der Waals surface area (Å²) in [6.07, 6.45) is 0. The smallest absolute Gasteiger partial charge is 0.121 e. The molecular weight excluding hydrogens is 350 g/mol. The van der Waals surface area contributed by atoms with Gasteiger partial charge in [0.25, 0.3) is 0 Å². The van der Waals surface area contributed by atoms with Crippen molar-refractivity contribution in [3.05, 3.63) is 62.6 Å². The SMILES string of the molecule is CCNC(c1ccc(OC)c(C)c1)c1ccc(Cl)c(Br)c1. The van der Waals surface area contributed by atoms with Crippen LogP contribution in [0, 0.1) is 6.92 Å². The highest BCUT2D eigenvalue weighted by Crippen LogP contribution is 2.31. The van der Waals surface area contributed by atoms with Crippen molar-refractivity contribution in [1.29, 1.82) is 0 Å². The lowest BCUT2D eigenvalue weighted by molar-refractivity contribution is 0.411. The van der Waals surface area contributed by atoms with Crippen LogP contribution in [0.3, 0.4) is 0 Å². The molecule has 0 fully saturated rings. The molecule has 112 valence electrons. The van der Waals surface area contributed by atoms with Crippen molar-refractivity contribution in [2.75, 3.05) is 13.7 Å². The molecule has 1 N–H and O–H groups in total. The lowest BCUT2D eigenvalue weighted by Gasteiger charge is -2.20. The van der Waals surface area contributed by atoms with Crippen molar-refractivity contribution in [1.82, 2.24) is 5.32 Å². The number of benzene rings is 2. The van der Waals surface area contributed by atoms with Gasteiger partial charge in [0.2, 0.25) is 0 Å². The van der Waals surface area contributed by atoms with E-state index in [2.05, 4.69) is 59.4 Å². The quantitative estimate of drug-likeness (QED) is 0.791. The van der Waals surface area contributed by atoms with Gasteiger partial charge in [-0.15, -0.1) is 0 Å². The molecule has 1 unspecified atom stereocenters. The molecular formula is C17H19BrClNO. The molecule has 2 aromatic carbocycles. The molecule has 0 spiro atoms. The monoisotopic (exact) mass is 367 g/mol. The lowest BCUT2D eigenvalue weighted by Crippen LogP contribution is -2.22. The molecule has 0 radical (unpaired) electrons. The molecule has 21 heavy (non-hydrogen) atoms. The lowest BCUT2D eigenvalue weighted by atomic mass is 9.97. The summed E-state index contributed by atoms with van der Waals surface area (Å²) in [5, 5.41) is 4.24. The van der Waals surface area contributed by atoms with Gasteiger partial charge in [0.15, 0.2) is 0 Å². The number of rotatable bonds is 5. The number of ether oxygens (including phenoxy) is 1. The third kappa shape index (κ3) is 3.79. The zero-order valence-corrected chi connectivity index (χ0v) is 14.8. The van der Waals surface area contributed by atoms with E-state index in [9.17, 15) is 0 Å². The fraction of sp³-hybridized carbons (Fsp3) is 0.294. The Morgan fingerprint density at radius 1 is 1.19 bits per heavy atom. The van der Waals surface area contributed by atoms with Crippen molar-refractivity contribution < 1.29 is 4.74 Å². The Morgan fingerprint density at radius 2 is 1.86 bits per heavy atom. The molecule has 4 heteroatoms. The van der Waals surface area contributed by atoms with Gasteiger partial charge < -0.3 is 10.1 Å². The molecule has 0 aliphatic heterocycles. The van der Waals surface area contributed by atoms with E-state index in [0.717, 1.165) is 27.4 Å². The predicted octanol–water partition coefficient (Wildman–Crippen LogP) is 5.12. The van der Waals surface area contributed by atoms with E-state index in [1.807, 2.05) is 12.1 Å². The first-order valence-electron chi connectivity index (χ1n) is 6.89. The summed E-state index contributed by atoms with van der Waals surface area (Å²) in [7, 11) is 1.69. The van der Waals surface area contributed by atoms with Gasteiger partial charge in [0.05, 0.1) is 18.2 Å². The first-order chi connectivity index (χ1) is 10.1.